The van der Waals surface area contributed by atoms with Crippen LogP contribution >= 0.6 is 0 Å². The summed E-state index contributed by atoms with van der Waals surface area (Å²) in [6.45, 7) is 10.5. The Balaban J connectivity index is 0.000000191. The van der Waals surface area contributed by atoms with Crippen LogP contribution in [0.25, 0.3) is 0 Å². The van der Waals surface area contributed by atoms with Crippen molar-refractivity contribution in [2.75, 3.05) is 78.8 Å². The molecule has 114 valence electrons. The van der Waals surface area contributed by atoms with Crippen LogP contribution in [0.4, 0.5) is 0 Å². The van der Waals surface area contributed by atoms with Crippen LogP contribution < -0.4 is 5.73 Å². The highest BCUT2D eigenvalue weighted by atomic mass is 16.5. The standard InChI is InChI=1S/C7H16N2O.C6H13NO2/c8-2-1-3-9-4-6-10-7-5-9;8-4-1-7-2-5-9-6-3-7/h1-8H2;8H,1-6H2. The normalized spacial score (nSPS) is 21.8. The largest absolute Gasteiger partial charge is 0.395 e. The maximum Gasteiger partial charge on any atom is 0.0594 e. The molecular formula is C13H29N3O3. The summed E-state index contributed by atoms with van der Waals surface area (Å²) in [5.41, 5.74) is 5.39. The minimum atomic E-state index is 0.264. The lowest BCUT2D eigenvalue weighted by Crippen LogP contribution is -2.37. The molecule has 0 spiro atoms. The third-order valence-corrected chi connectivity index (χ3v) is 3.30. The Hall–Kier alpha value is -0.240. The van der Waals surface area contributed by atoms with E-state index < -0.39 is 0 Å². The molecule has 0 unspecified atom stereocenters. The van der Waals surface area contributed by atoms with Gasteiger partial charge < -0.3 is 20.3 Å². The zero-order valence-electron chi connectivity index (χ0n) is 11.9. The van der Waals surface area contributed by atoms with E-state index in [4.69, 9.17) is 20.3 Å². The molecule has 2 aliphatic heterocycles. The fourth-order valence-electron chi connectivity index (χ4n) is 2.11. The predicted octanol–water partition coefficient (Wildman–Crippen LogP) is -1.02. The fraction of sp³-hybridized carbons (Fsp3) is 1.00. The van der Waals surface area contributed by atoms with Crippen molar-refractivity contribution < 1.29 is 14.6 Å². The number of rotatable bonds is 5. The molecule has 0 atom stereocenters. The van der Waals surface area contributed by atoms with Crippen molar-refractivity contribution in [3.63, 3.8) is 0 Å². The number of nitrogens with zero attached hydrogens (tertiary/aromatic N) is 2. The third kappa shape index (κ3) is 8.52. The number of nitrogens with two attached hydrogens (primary N) is 1. The Kier molecular flexibility index (Phi) is 10.2. The Morgan fingerprint density at radius 3 is 1.74 bits per heavy atom. The second-order valence-electron chi connectivity index (χ2n) is 4.77. The number of aliphatic hydroxyl groups is 1. The second kappa shape index (κ2) is 11.6. The van der Waals surface area contributed by atoms with Gasteiger partial charge in [0, 0.05) is 32.7 Å². The molecule has 0 amide bonds. The summed E-state index contributed by atoms with van der Waals surface area (Å²) in [4.78, 5) is 4.60. The number of hydrogen-bond donors (Lipinski definition) is 2. The van der Waals surface area contributed by atoms with Crippen molar-refractivity contribution >= 4 is 0 Å². The van der Waals surface area contributed by atoms with Gasteiger partial charge in [0.25, 0.3) is 0 Å². The summed E-state index contributed by atoms with van der Waals surface area (Å²) in [7, 11) is 0. The van der Waals surface area contributed by atoms with Gasteiger partial charge in [0.1, 0.15) is 0 Å². The molecule has 0 radical (unpaired) electrons. The lowest BCUT2D eigenvalue weighted by molar-refractivity contribution is 0.0306. The number of β-amino-alcohol motifs (C(OH)–C–C–N with tert-alkyl or cyclic N) is 1. The number of morpholine rings is 2. The van der Waals surface area contributed by atoms with Crippen LogP contribution in [0.5, 0.6) is 0 Å². The average molecular weight is 275 g/mol. The quantitative estimate of drug-likeness (QED) is 0.669. The summed E-state index contributed by atoms with van der Waals surface area (Å²) in [5.74, 6) is 0. The topological polar surface area (TPSA) is 71.2 Å². The molecule has 6 nitrogen and oxygen atoms in total. The SMILES string of the molecule is NCCCN1CCOCC1.OCCN1CCOCC1. The first kappa shape index (κ1) is 16.8. The van der Waals surface area contributed by atoms with Gasteiger partial charge in [-0.2, -0.15) is 0 Å². The van der Waals surface area contributed by atoms with Crippen LogP contribution in [0.1, 0.15) is 6.42 Å². The molecule has 19 heavy (non-hydrogen) atoms. The van der Waals surface area contributed by atoms with E-state index in [-0.39, 0.29) is 6.61 Å². The molecule has 0 saturated carbocycles. The Labute approximate surface area is 116 Å². The third-order valence-electron chi connectivity index (χ3n) is 3.30. The molecule has 0 aromatic heterocycles. The van der Waals surface area contributed by atoms with Crippen molar-refractivity contribution in [1.29, 1.82) is 0 Å². The molecule has 2 aliphatic rings. The fourth-order valence-corrected chi connectivity index (χ4v) is 2.11. The minimum absolute atomic E-state index is 0.264. The van der Waals surface area contributed by atoms with Crippen molar-refractivity contribution in [3.05, 3.63) is 0 Å². The van der Waals surface area contributed by atoms with E-state index in [1.807, 2.05) is 0 Å². The number of hydrogen-bond acceptors (Lipinski definition) is 6. The van der Waals surface area contributed by atoms with E-state index in [1.165, 1.54) is 0 Å². The smallest absolute Gasteiger partial charge is 0.0594 e. The Bertz CT molecular complexity index is 193. The summed E-state index contributed by atoms with van der Waals surface area (Å²) >= 11 is 0. The molecule has 2 rings (SSSR count). The van der Waals surface area contributed by atoms with Gasteiger partial charge in [-0.15, -0.1) is 0 Å². The first-order valence-electron chi connectivity index (χ1n) is 7.28. The van der Waals surface area contributed by atoms with Gasteiger partial charge in [0.15, 0.2) is 0 Å². The number of ether oxygens (including phenoxy) is 2. The lowest BCUT2D eigenvalue weighted by Gasteiger charge is -2.26. The minimum Gasteiger partial charge on any atom is -0.395 e. The summed E-state index contributed by atoms with van der Waals surface area (Å²) in [6, 6.07) is 0. The summed E-state index contributed by atoms with van der Waals surface area (Å²) in [5, 5.41) is 8.54. The van der Waals surface area contributed by atoms with Crippen molar-refractivity contribution in [1.82, 2.24) is 9.80 Å². The molecule has 0 aromatic rings. The monoisotopic (exact) mass is 275 g/mol. The average Bonchev–Trinajstić information content (AvgIpc) is 2.48. The van der Waals surface area contributed by atoms with E-state index in [0.29, 0.717) is 0 Å². The Morgan fingerprint density at radius 2 is 1.32 bits per heavy atom. The Morgan fingerprint density at radius 1 is 0.842 bits per heavy atom. The van der Waals surface area contributed by atoms with E-state index in [2.05, 4.69) is 9.80 Å². The van der Waals surface area contributed by atoms with Crippen molar-refractivity contribution in [2.45, 2.75) is 6.42 Å². The van der Waals surface area contributed by atoms with Gasteiger partial charge in [-0.05, 0) is 19.5 Å². The van der Waals surface area contributed by atoms with E-state index >= 15 is 0 Å². The molecule has 2 fully saturated rings. The second-order valence-corrected chi connectivity index (χ2v) is 4.77. The molecule has 2 heterocycles. The highest BCUT2D eigenvalue weighted by molar-refractivity contribution is 4.61. The summed E-state index contributed by atoms with van der Waals surface area (Å²) < 4.78 is 10.3. The number of aliphatic hydroxyl groups excluding tert-OH is 1. The molecule has 0 aliphatic carbocycles. The van der Waals surface area contributed by atoms with Crippen LogP contribution in [0.15, 0.2) is 0 Å². The highest BCUT2D eigenvalue weighted by Crippen LogP contribution is 1.96. The van der Waals surface area contributed by atoms with Gasteiger partial charge >= 0.3 is 0 Å². The molecule has 0 aromatic carbocycles. The summed E-state index contributed by atoms with van der Waals surface area (Å²) in [6.07, 6.45) is 1.11. The van der Waals surface area contributed by atoms with Crippen molar-refractivity contribution in [3.8, 4) is 0 Å². The first-order chi connectivity index (χ1) is 9.36. The van der Waals surface area contributed by atoms with E-state index in [0.717, 1.165) is 78.7 Å². The maximum absolute atomic E-state index is 8.54. The van der Waals surface area contributed by atoms with E-state index in [9.17, 15) is 0 Å². The highest BCUT2D eigenvalue weighted by Gasteiger charge is 2.08. The van der Waals surface area contributed by atoms with Crippen molar-refractivity contribution in [2.24, 2.45) is 5.73 Å². The van der Waals surface area contributed by atoms with Crippen LogP contribution in [-0.2, 0) is 9.47 Å². The van der Waals surface area contributed by atoms with Gasteiger partial charge in [-0.1, -0.05) is 0 Å². The lowest BCUT2D eigenvalue weighted by atomic mass is 10.3. The van der Waals surface area contributed by atoms with Crippen LogP contribution in [0.2, 0.25) is 0 Å². The van der Waals surface area contributed by atoms with Gasteiger partial charge in [0.05, 0.1) is 33.0 Å². The maximum atomic E-state index is 8.54. The van der Waals surface area contributed by atoms with Gasteiger partial charge in [-0.25, -0.2) is 0 Å². The zero-order valence-corrected chi connectivity index (χ0v) is 11.9. The molecule has 3 N–H and O–H groups in total. The van der Waals surface area contributed by atoms with Crippen LogP contribution in [0.3, 0.4) is 0 Å². The van der Waals surface area contributed by atoms with Gasteiger partial charge in [0.2, 0.25) is 0 Å². The predicted molar refractivity (Wildman–Crippen MR) is 75.3 cm³/mol. The van der Waals surface area contributed by atoms with Crippen LogP contribution in [0, 0.1) is 0 Å². The van der Waals surface area contributed by atoms with Gasteiger partial charge in [-0.3, -0.25) is 9.80 Å². The zero-order chi connectivity index (χ0) is 13.8. The van der Waals surface area contributed by atoms with Crippen LogP contribution in [-0.4, -0.2) is 93.8 Å². The first-order valence-corrected chi connectivity index (χ1v) is 7.28. The molecule has 0 bridgehead atoms. The molecule has 6 heteroatoms. The molecular weight excluding hydrogens is 246 g/mol. The van der Waals surface area contributed by atoms with E-state index in [1.54, 1.807) is 0 Å². The molecule has 2 saturated heterocycles.